The van der Waals surface area contributed by atoms with Crippen LogP contribution in [-0.4, -0.2) is 42.6 Å². The molecule has 0 aliphatic rings. The summed E-state index contributed by atoms with van der Waals surface area (Å²) in [5.41, 5.74) is 2.78. The third-order valence-corrected chi connectivity index (χ3v) is 4.51. The van der Waals surface area contributed by atoms with E-state index in [4.69, 9.17) is 4.74 Å². The van der Waals surface area contributed by atoms with E-state index in [9.17, 15) is 9.59 Å². The summed E-state index contributed by atoms with van der Waals surface area (Å²) in [7, 11) is 0. The standard InChI is InChI=1S/C19H30N2O3/c1-7-21(8-2,9-3)13-17(22)20-18-15(6)11-14(5)12-16(18)19(23)24-10-4/h7,11-12H,8-10,13H2,1-6H3,(H,20,22). The molecule has 0 spiro atoms. The summed E-state index contributed by atoms with van der Waals surface area (Å²) in [5, 5.41) is 2.93. The fourth-order valence-corrected chi connectivity index (χ4v) is 2.87. The largest absolute Gasteiger partial charge is 0.462 e. The molecule has 0 heterocycles. The molecule has 5 nitrogen and oxygen atoms in total. The SMILES string of the molecule is C[CH-][N+](CC)(CC)CC(=O)Nc1c(C)cc(C)cc1C(=O)OCC. The summed E-state index contributed by atoms with van der Waals surface area (Å²) in [6, 6.07) is 3.71. The van der Waals surface area contributed by atoms with Crippen molar-refractivity contribution in [2.75, 3.05) is 31.6 Å². The Morgan fingerprint density at radius 1 is 1.17 bits per heavy atom. The van der Waals surface area contributed by atoms with Gasteiger partial charge in [0, 0.05) is 0 Å². The Bertz CT molecular complexity index is 584. The van der Waals surface area contributed by atoms with Gasteiger partial charge < -0.3 is 14.5 Å². The number of likely N-dealkylation sites (N-methyl/N-ethyl adjacent to an activating group) is 1. The molecule has 0 unspecified atom stereocenters. The zero-order valence-electron chi connectivity index (χ0n) is 15.7. The first-order chi connectivity index (χ1) is 11.3. The minimum Gasteiger partial charge on any atom is -0.462 e. The van der Waals surface area contributed by atoms with Gasteiger partial charge in [-0.15, -0.1) is 13.5 Å². The van der Waals surface area contributed by atoms with Crippen molar-refractivity contribution in [1.29, 1.82) is 0 Å². The van der Waals surface area contributed by atoms with E-state index in [2.05, 4.69) is 19.2 Å². The summed E-state index contributed by atoms with van der Waals surface area (Å²) in [5.74, 6) is -0.511. The van der Waals surface area contributed by atoms with Gasteiger partial charge in [0.2, 0.25) is 0 Å². The maximum atomic E-state index is 12.6. The second kappa shape index (κ2) is 8.83. The van der Waals surface area contributed by atoms with Crippen LogP contribution >= 0.6 is 0 Å². The highest BCUT2D eigenvalue weighted by Gasteiger charge is 2.22. The second-order valence-corrected chi connectivity index (χ2v) is 6.04. The third kappa shape index (κ3) is 4.81. The number of nitrogens with zero attached hydrogens (tertiary/aromatic N) is 1. The van der Waals surface area contributed by atoms with Crippen LogP contribution in [0.3, 0.4) is 0 Å². The number of nitrogens with one attached hydrogen (secondary N) is 1. The number of ether oxygens (including phenoxy) is 1. The molecular formula is C19H30N2O3. The van der Waals surface area contributed by atoms with Gasteiger partial charge in [0.25, 0.3) is 5.91 Å². The maximum absolute atomic E-state index is 12.6. The van der Waals surface area contributed by atoms with E-state index < -0.39 is 5.97 Å². The highest BCUT2D eigenvalue weighted by Crippen LogP contribution is 2.24. The van der Waals surface area contributed by atoms with Gasteiger partial charge in [0.05, 0.1) is 30.9 Å². The molecule has 0 bridgehead atoms. The maximum Gasteiger partial charge on any atom is 0.340 e. The van der Waals surface area contributed by atoms with Crippen molar-refractivity contribution in [2.24, 2.45) is 0 Å². The van der Waals surface area contributed by atoms with Crippen molar-refractivity contribution in [3.63, 3.8) is 0 Å². The van der Waals surface area contributed by atoms with Crippen molar-refractivity contribution in [3.05, 3.63) is 35.4 Å². The van der Waals surface area contributed by atoms with E-state index in [0.29, 0.717) is 28.9 Å². The van der Waals surface area contributed by atoms with Gasteiger partial charge in [0.1, 0.15) is 6.54 Å². The zero-order chi connectivity index (χ0) is 18.3. The lowest BCUT2D eigenvalue weighted by molar-refractivity contribution is -0.887. The molecule has 0 fully saturated rings. The van der Waals surface area contributed by atoms with Gasteiger partial charge in [-0.05, 0) is 51.8 Å². The molecule has 0 aromatic heterocycles. The highest BCUT2D eigenvalue weighted by molar-refractivity contribution is 6.02. The number of hydrogen-bond acceptors (Lipinski definition) is 3. The molecule has 0 saturated heterocycles. The summed E-state index contributed by atoms with van der Waals surface area (Å²) in [6.45, 7) is 16.1. The Hall–Kier alpha value is -1.88. The number of anilines is 1. The van der Waals surface area contributed by atoms with E-state index >= 15 is 0 Å². The quantitative estimate of drug-likeness (QED) is 0.450. The smallest absolute Gasteiger partial charge is 0.340 e. The first-order valence-corrected chi connectivity index (χ1v) is 8.56. The average molecular weight is 334 g/mol. The van der Waals surface area contributed by atoms with Crippen LogP contribution in [0.25, 0.3) is 0 Å². The van der Waals surface area contributed by atoms with Crippen molar-refractivity contribution in [1.82, 2.24) is 0 Å². The Morgan fingerprint density at radius 2 is 1.79 bits per heavy atom. The molecule has 0 radical (unpaired) electrons. The van der Waals surface area contributed by atoms with Gasteiger partial charge in [-0.2, -0.15) is 0 Å². The molecule has 1 aromatic rings. The first-order valence-electron chi connectivity index (χ1n) is 8.56. The predicted molar refractivity (Wildman–Crippen MR) is 96.7 cm³/mol. The molecule has 1 N–H and O–H groups in total. The normalized spacial score (nSPS) is 11.2. The Balaban J connectivity index is 3.09. The van der Waals surface area contributed by atoms with Crippen LogP contribution in [-0.2, 0) is 9.53 Å². The first kappa shape index (κ1) is 20.2. The van der Waals surface area contributed by atoms with Gasteiger partial charge in [0.15, 0.2) is 0 Å². The number of amides is 1. The number of hydrogen-bond donors (Lipinski definition) is 1. The van der Waals surface area contributed by atoms with Gasteiger partial charge in [-0.3, -0.25) is 4.79 Å². The predicted octanol–water partition coefficient (Wildman–Crippen LogP) is 3.46. The zero-order valence-corrected chi connectivity index (χ0v) is 15.7. The van der Waals surface area contributed by atoms with E-state index in [1.165, 1.54) is 0 Å². The van der Waals surface area contributed by atoms with E-state index in [1.54, 1.807) is 13.0 Å². The summed E-state index contributed by atoms with van der Waals surface area (Å²) in [4.78, 5) is 24.8. The molecule has 1 rings (SSSR count). The van der Waals surface area contributed by atoms with E-state index in [-0.39, 0.29) is 5.91 Å². The van der Waals surface area contributed by atoms with Crippen LogP contribution in [0.2, 0.25) is 0 Å². The number of carbonyl (C=O) groups is 2. The molecule has 0 aliphatic heterocycles. The van der Waals surface area contributed by atoms with E-state index in [1.807, 2.05) is 33.4 Å². The molecule has 134 valence electrons. The van der Waals surface area contributed by atoms with Crippen molar-refractivity contribution in [2.45, 2.75) is 41.5 Å². The summed E-state index contributed by atoms with van der Waals surface area (Å²) in [6.07, 6.45) is 0. The van der Waals surface area contributed by atoms with Crippen LogP contribution in [0.5, 0.6) is 0 Å². The highest BCUT2D eigenvalue weighted by atomic mass is 16.5. The Kier molecular flexibility index (Phi) is 7.42. The van der Waals surface area contributed by atoms with Gasteiger partial charge in [-0.25, -0.2) is 4.79 Å². The molecule has 0 saturated carbocycles. The lowest BCUT2D eigenvalue weighted by Crippen LogP contribution is -2.49. The van der Waals surface area contributed by atoms with Crippen LogP contribution in [0, 0.1) is 20.4 Å². The fraction of sp³-hybridized carbons (Fsp3) is 0.526. The molecule has 5 heteroatoms. The fourth-order valence-electron chi connectivity index (χ4n) is 2.87. The van der Waals surface area contributed by atoms with E-state index in [0.717, 1.165) is 24.2 Å². The second-order valence-electron chi connectivity index (χ2n) is 6.04. The van der Waals surface area contributed by atoms with Crippen molar-refractivity contribution >= 4 is 17.6 Å². The van der Waals surface area contributed by atoms with Crippen LogP contribution in [0.4, 0.5) is 5.69 Å². The number of aryl methyl sites for hydroxylation is 2. The molecule has 0 aliphatic carbocycles. The van der Waals surface area contributed by atoms with Crippen LogP contribution in [0.15, 0.2) is 12.1 Å². The average Bonchev–Trinajstić information content (AvgIpc) is 2.55. The number of carbonyl (C=O) groups excluding carboxylic acids is 2. The summed E-state index contributed by atoms with van der Waals surface area (Å²) >= 11 is 0. The van der Waals surface area contributed by atoms with Crippen LogP contribution < -0.4 is 5.32 Å². The molecule has 0 atom stereocenters. The molecule has 1 amide bonds. The van der Waals surface area contributed by atoms with Gasteiger partial charge >= 0.3 is 5.97 Å². The molecular weight excluding hydrogens is 304 g/mol. The molecule has 1 aromatic carbocycles. The minimum atomic E-state index is -0.409. The Morgan fingerprint density at radius 3 is 2.29 bits per heavy atom. The van der Waals surface area contributed by atoms with Crippen LogP contribution in [0.1, 0.15) is 49.2 Å². The lowest BCUT2D eigenvalue weighted by atomic mass is 10.0. The van der Waals surface area contributed by atoms with Crippen molar-refractivity contribution in [3.8, 4) is 0 Å². The monoisotopic (exact) mass is 334 g/mol. The topological polar surface area (TPSA) is 55.4 Å². The number of benzene rings is 1. The minimum absolute atomic E-state index is 0.102. The van der Waals surface area contributed by atoms with Crippen molar-refractivity contribution < 1.29 is 18.8 Å². The number of esters is 1. The Labute approximate surface area is 145 Å². The number of rotatable bonds is 8. The third-order valence-electron chi connectivity index (χ3n) is 4.51. The lowest BCUT2D eigenvalue weighted by Gasteiger charge is -2.44. The summed E-state index contributed by atoms with van der Waals surface area (Å²) < 4.78 is 5.73. The molecule has 24 heavy (non-hydrogen) atoms. The van der Waals surface area contributed by atoms with Gasteiger partial charge in [-0.1, -0.05) is 6.07 Å². The number of quaternary nitrogens is 1.